The predicted octanol–water partition coefficient (Wildman–Crippen LogP) is 2.63. The molecule has 2 heterocycles. The van der Waals surface area contributed by atoms with Gasteiger partial charge in [-0.25, -0.2) is 0 Å². The van der Waals surface area contributed by atoms with Gasteiger partial charge in [0.15, 0.2) is 11.3 Å². The van der Waals surface area contributed by atoms with Crippen LogP contribution in [0.5, 0.6) is 5.75 Å². The molecule has 2 aromatic rings. The number of rotatable bonds is 5. The lowest BCUT2D eigenvalue weighted by Gasteiger charge is -2.17. The molecule has 1 aromatic carbocycles. The molecular formula is C19H22N2O4. The van der Waals surface area contributed by atoms with Gasteiger partial charge in [-0.3, -0.25) is 9.59 Å². The Morgan fingerprint density at radius 3 is 2.92 bits per heavy atom. The summed E-state index contributed by atoms with van der Waals surface area (Å²) in [6.07, 6.45) is 2.44. The van der Waals surface area contributed by atoms with Crippen LogP contribution in [0.4, 0.5) is 0 Å². The van der Waals surface area contributed by atoms with E-state index < -0.39 is 0 Å². The van der Waals surface area contributed by atoms with E-state index >= 15 is 0 Å². The number of amides is 2. The highest BCUT2D eigenvalue weighted by Gasteiger charge is 2.41. The summed E-state index contributed by atoms with van der Waals surface area (Å²) in [4.78, 5) is 26.4. The number of hydrogen-bond acceptors (Lipinski definition) is 4. The summed E-state index contributed by atoms with van der Waals surface area (Å²) < 4.78 is 11.2. The number of fused-ring (bicyclic) bond motifs is 1. The molecule has 2 fully saturated rings. The van der Waals surface area contributed by atoms with E-state index in [1.807, 2.05) is 36.1 Å². The minimum Gasteiger partial charge on any atom is -0.493 e. The van der Waals surface area contributed by atoms with Crippen LogP contribution in [0.3, 0.4) is 0 Å². The number of ether oxygens (including phenoxy) is 1. The van der Waals surface area contributed by atoms with Crippen molar-refractivity contribution >= 4 is 22.8 Å². The minimum absolute atomic E-state index is 0.0866. The van der Waals surface area contributed by atoms with E-state index in [1.54, 1.807) is 7.11 Å². The summed E-state index contributed by atoms with van der Waals surface area (Å²) in [5, 5.41) is 3.92. The molecule has 132 valence electrons. The highest BCUT2D eigenvalue weighted by atomic mass is 16.5. The van der Waals surface area contributed by atoms with Gasteiger partial charge in [0, 0.05) is 24.4 Å². The molecule has 1 aliphatic heterocycles. The van der Waals surface area contributed by atoms with E-state index in [1.165, 1.54) is 0 Å². The van der Waals surface area contributed by atoms with Crippen LogP contribution in [0.1, 0.15) is 38.0 Å². The number of carbonyl (C=O) groups is 2. The van der Waals surface area contributed by atoms with Gasteiger partial charge in [-0.15, -0.1) is 0 Å². The number of nitrogens with one attached hydrogen (secondary N) is 1. The van der Waals surface area contributed by atoms with Crippen molar-refractivity contribution in [2.24, 2.45) is 5.92 Å². The van der Waals surface area contributed by atoms with E-state index in [2.05, 4.69) is 5.32 Å². The number of carbonyl (C=O) groups excluding carboxylic acids is 2. The topological polar surface area (TPSA) is 71.8 Å². The van der Waals surface area contributed by atoms with E-state index in [0.717, 1.165) is 18.2 Å². The summed E-state index contributed by atoms with van der Waals surface area (Å²) >= 11 is 0. The zero-order valence-corrected chi connectivity index (χ0v) is 14.5. The first-order valence-corrected chi connectivity index (χ1v) is 8.73. The van der Waals surface area contributed by atoms with Gasteiger partial charge < -0.3 is 19.4 Å². The van der Waals surface area contributed by atoms with Crippen LogP contribution in [0.25, 0.3) is 11.0 Å². The largest absolute Gasteiger partial charge is 0.493 e. The molecule has 6 nitrogen and oxygen atoms in total. The maximum atomic E-state index is 12.5. The molecule has 0 radical (unpaired) electrons. The molecule has 4 rings (SSSR count). The molecule has 1 saturated carbocycles. The fourth-order valence-corrected chi connectivity index (χ4v) is 3.48. The van der Waals surface area contributed by atoms with Crippen molar-refractivity contribution in [3.05, 3.63) is 30.0 Å². The fourth-order valence-electron chi connectivity index (χ4n) is 3.48. The Morgan fingerprint density at radius 1 is 1.40 bits per heavy atom. The molecule has 2 amide bonds. The molecule has 1 aliphatic carbocycles. The first-order valence-electron chi connectivity index (χ1n) is 8.73. The van der Waals surface area contributed by atoms with Crippen LogP contribution in [0.15, 0.2) is 28.7 Å². The third-order valence-corrected chi connectivity index (χ3v) is 5.05. The number of methoxy groups -OCH3 is 1. The number of likely N-dealkylation sites (tertiary alicyclic amines) is 1. The molecule has 1 saturated heterocycles. The lowest BCUT2D eigenvalue weighted by atomic mass is 10.1. The molecule has 2 atom stereocenters. The van der Waals surface area contributed by atoms with E-state index in [-0.39, 0.29) is 23.8 Å². The molecule has 1 aromatic heterocycles. The number of para-hydroxylation sites is 1. The van der Waals surface area contributed by atoms with Crippen LogP contribution in [0, 0.1) is 5.92 Å². The standard InChI is InChI=1S/C19H22N2O4/c1-11(16-8-12-4-3-5-15(24-2)18(12)25-16)20-19(23)13-9-17(22)21(10-13)14-6-7-14/h3-5,8,11,13-14H,6-7,9-10H2,1-2H3,(H,20,23). The van der Waals surface area contributed by atoms with Crippen molar-refractivity contribution in [2.75, 3.05) is 13.7 Å². The number of nitrogens with zero attached hydrogens (tertiary/aromatic N) is 1. The summed E-state index contributed by atoms with van der Waals surface area (Å²) in [7, 11) is 1.60. The second-order valence-corrected chi connectivity index (χ2v) is 6.94. The first-order chi connectivity index (χ1) is 12.1. The first kappa shape index (κ1) is 16.0. The Morgan fingerprint density at radius 2 is 2.20 bits per heavy atom. The molecule has 0 spiro atoms. The number of furan rings is 1. The molecule has 1 N–H and O–H groups in total. The Hall–Kier alpha value is -2.50. The smallest absolute Gasteiger partial charge is 0.226 e. The van der Waals surface area contributed by atoms with Crippen molar-refractivity contribution in [3.63, 3.8) is 0 Å². The highest BCUT2D eigenvalue weighted by Crippen LogP contribution is 2.34. The SMILES string of the molecule is COc1cccc2cc(C(C)NC(=O)C3CC(=O)N(C4CC4)C3)oc12. The van der Waals surface area contributed by atoms with Gasteiger partial charge in [0.1, 0.15) is 5.76 Å². The Bertz CT molecular complexity index is 824. The van der Waals surface area contributed by atoms with Crippen LogP contribution in [0.2, 0.25) is 0 Å². The maximum absolute atomic E-state index is 12.5. The normalized spacial score (nSPS) is 21.6. The second kappa shape index (κ2) is 6.10. The summed E-state index contributed by atoms with van der Waals surface area (Å²) in [6.45, 7) is 2.42. The zero-order chi connectivity index (χ0) is 17.6. The average Bonchev–Trinajstić information content (AvgIpc) is 3.21. The van der Waals surface area contributed by atoms with Crippen molar-refractivity contribution in [2.45, 2.75) is 38.3 Å². The molecular weight excluding hydrogens is 320 g/mol. The zero-order valence-electron chi connectivity index (χ0n) is 14.5. The number of hydrogen-bond donors (Lipinski definition) is 1. The van der Waals surface area contributed by atoms with E-state index in [4.69, 9.17) is 9.15 Å². The van der Waals surface area contributed by atoms with Gasteiger partial charge in [0.2, 0.25) is 11.8 Å². The van der Waals surface area contributed by atoms with Crippen molar-refractivity contribution in [1.82, 2.24) is 10.2 Å². The molecule has 2 aliphatic rings. The monoisotopic (exact) mass is 342 g/mol. The van der Waals surface area contributed by atoms with Gasteiger partial charge in [-0.05, 0) is 31.9 Å². The van der Waals surface area contributed by atoms with Gasteiger partial charge in [0.05, 0.1) is 19.1 Å². The average molecular weight is 342 g/mol. The summed E-state index contributed by atoms with van der Waals surface area (Å²) in [5.41, 5.74) is 0.678. The van der Waals surface area contributed by atoms with Gasteiger partial charge in [-0.1, -0.05) is 12.1 Å². The van der Waals surface area contributed by atoms with E-state index in [9.17, 15) is 9.59 Å². The van der Waals surface area contributed by atoms with E-state index in [0.29, 0.717) is 36.1 Å². The molecule has 0 bridgehead atoms. The van der Waals surface area contributed by atoms with Crippen LogP contribution < -0.4 is 10.1 Å². The van der Waals surface area contributed by atoms with Gasteiger partial charge in [-0.2, -0.15) is 0 Å². The fraction of sp³-hybridized carbons (Fsp3) is 0.474. The minimum atomic E-state index is -0.269. The Balaban J connectivity index is 1.45. The maximum Gasteiger partial charge on any atom is 0.226 e. The van der Waals surface area contributed by atoms with Crippen LogP contribution in [-0.2, 0) is 9.59 Å². The lowest BCUT2D eigenvalue weighted by molar-refractivity contribution is -0.129. The number of benzene rings is 1. The van der Waals surface area contributed by atoms with Crippen LogP contribution in [-0.4, -0.2) is 36.4 Å². The van der Waals surface area contributed by atoms with Gasteiger partial charge in [0.25, 0.3) is 0 Å². The second-order valence-electron chi connectivity index (χ2n) is 6.94. The van der Waals surface area contributed by atoms with Crippen LogP contribution >= 0.6 is 0 Å². The summed E-state index contributed by atoms with van der Waals surface area (Å²) in [5.74, 6) is 1.09. The van der Waals surface area contributed by atoms with Crippen molar-refractivity contribution in [3.8, 4) is 5.75 Å². The predicted molar refractivity (Wildman–Crippen MR) is 92.2 cm³/mol. The molecule has 25 heavy (non-hydrogen) atoms. The third kappa shape index (κ3) is 2.97. The molecule has 2 unspecified atom stereocenters. The lowest BCUT2D eigenvalue weighted by Crippen LogP contribution is -2.34. The van der Waals surface area contributed by atoms with Gasteiger partial charge >= 0.3 is 0 Å². The Kier molecular flexibility index (Phi) is 3.90. The summed E-state index contributed by atoms with van der Waals surface area (Å²) in [6, 6.07) is 7.71. The van der Waals surface area contributed by atoms with Crippen molar-refractivity contribution in [1.29, 1.82) is 0 Å². The Labute approximate surface area is 146 Å². The highest BCUT2D eigenvalue weighted by molar-refractivity contribution is 5.90. The molecule has 6 heteroatoms. The third-order valence-electron chi connectivity index (χ3n) is 5.05. The van der Waals surface area contributed by atoms with Crippen molar-refractivity contribution < 1.29 is 18.7 Å². The quantitative estimate of drug-likeness (QED) is 0.907.